The standard InChI is InChI=1S/C7H17B/c1-4-6(3)7(8)5-2/h6-7H,4-5,8H2,1-3H3. The lowest BCUT2D eigenvalue weighted by atomic mass is 9.75. The molecule has 0 rings (SSSR count). The first-order chi connectivity index (χ1) is 3.72. The maximum atomic E-state index is 2.33. The first-order valence-corrected chi connectivity index (χ1v) is 3.72. The molecule has 2 unspecified atom stereocenters. The van der Waals surface area contributed by atoms with Gasteiger partial charge in [0.25, 0.3) is 0 Å². The lowest BCUT2D eigenvalue weighted by molar-refractivity contribution is 0.509. The van der Waals surface area contributed by atoms with Crippen LogP contribution < -0.4 is 0 Å². The van der Waals surface area contributed by atoms with Crippen LogP contribution in [0.25, 0.3) is 0 Å². The lowest BCUT2D eigenvalue weighted by Gasteiger charge is -2.14. The van der Waals surface area contributed by atoms with Crippen molar-refractivity contribution in [3.63, 3.8) is 0 Å². The second kappa shape index (κ2) is 4.00. The Balaban J connectivity index is 3.29. The third kappa shape index (κ3) is 2.39. The number of hydrogen-bond donors (Lipinski definition) is 0. The molecule has 1 heteroatoms. The minimum Gasteiger partial charge on any atom is -0.0675 e. The van der Waals surface area contributed by atoms with Crippen LogP contribution in [0.1, 0.15) is 33.6 Å². The second-order valence-corrected chi connectivity index (χ2v) is 2.77. The highest BCUT2D eigenvalue weighted by molar-refractivity contribution is 6.11. The summed E-state index contributed by atoms with van der Waals surface area (Å²) < 4.78 is 0. The summed E-state index contributed by atoms with van der Waals surface area (Å²) in [5.41, 5.74) is 0. The number of rotatable bonds is 3. The van der Waals surface area contributed by atoms with E-state index in [2.05, 4.69) is 28.6 Å². The fourth-order valence-electron chi connectivity index (χ4n) is 0.805. The van der Waals surface area contributed by atoms with E-state index in [9.17, 15) is 0 Å². The molecule has 0 heterocycles. The largest absolute Gasteiger partial charge is 0.105 e. The van der Waals surface area contributed by atoms with E-state index in [0.29, 0.717) is 0 Å². The Bertz CT molecular complexity index is 44.3. The van der Waals surface area contributed by atoms with Gasteiger partial charge in [-0.25, -0.2) is 0 Å². The summed E-state index contributed by atoms with van der Waals surface area (Å²) >= 11 is 0. The summed E-state index contributed by atoms with van der Waals surface area (Å²) in [4.78, 5) is 0. The van der Waals surface area contributed by atoms with E-state index in [4.69, 9.17) is 0 Å². The van der Waals surface area contributed by atoms with Crippen LogP contribution in [0.3, 0.4) is 0 Å². The molecule has 0 aliphatic heterocycles. The van der Waals surface area contributed by atoms with Crippen LogP contribution in [0, 0.1) is 5.92 Å². The van der Waals surface area contributed by atoms with Crippen molar-refractivity contribution in [2.75, 3.05) is 0 Å². The molecule has 0 saturated carbocycles. The molecule has 2 atom stereocenters. The Kier molecular flexibility index (Phi) is 4.03. The lowest BCUT2D eigenvalue weighted by Crippen LogP contribution is -2.02. The Morgan fingerprint density at radius 3 is 1.88 bits per heavy atom. The zero-order valence-electron chi connectivity index (χ0n) is 6.57. The van der Waals surface area contributed by atoms with Gasteiger partial charge in [0.2, 0.25) is 0 Å². The van der Waals surface area contributed by atoms with Gasteiger partial charge in [-0.3, -0.25) is 0 Å². The smallest absolute Gasteiger partial charge is 0.0675 e. The average molecular weight is 112 g/mol. The minimum atomic E-state index is 0.917. The van der Waals surface area contributed by atoms with Crippen molar-refractivity contribution in [2.45, 2.75) is 39.4 Å². The predicted octanol–water partition coefficient (Wildman–Crippen LogP) is 1.86. The van der Waals surface area contributed by atoms with E-state index in [1.165, 1.54) is 12.8 Å². The topological polar surface area (TPSA) is 0 Å². The number of hydrogen-bond acceptors (Lipinski definition) is 0. The normalized spacial score (nSPS) is 17.9. The minimum absolute atomic E-state index is 0.917. The summed E-state index contributed by atoms with van der Waals surface area (Å²) in [6.07, 6.45) is 2.66. The van der Waals surface area contributed by atoms with E-state index >= 15 is 0 Å². The van der Waals surface area contributed by atoms with Crippen LogP contribution in [0.5, 0.6) is 0 Å². The maximum Gasteiger partial charge on any atom is 0.105 e. The van der Waals surface area contributed by atoms with Gasteiger partial charge in [0, 0.05) is 0 Å². The molecule has 0 fully saturated rings. The SMILES string of the molecule is BC(CC)C(C)CC. The molecule has 0 spiro atoms. The van der Waals surface area contributed by atoms with Crippen LogP contribution in [-0.2, 0) is 0 Å². The summed E-state index contributed by atoms with van der Waals surface area (Å²) in [7, 11) is 2.33. The fraction of sp³-hybridized carbons (Fsp3) is 1.00. The van der Waals surface area contributed by atoms with Crippen LogP contribution in [0.2, 0.25) is 5.82 Å². The molecule has 0 N–H and O–H groups in total. The van der Waals surface area contributed by atoms with Gasteiger partial charge < -0.3 is 0 Å². The zero-order valence-corrected chi connectivity index (χ0v) is 6.57. The summed E-state index contributed by atoms with van der Waals surface area (Å²) in [6.45, 7) is 6.85. The van der Waals surface area contributed by atoms with Crippen molar-refractivity contribution in [3.8, 4) is 0 Å². The van der Waals surface area contributed by atoms with Gasteiger partial charge in [0.1, 0.15) is 7.85 Å². The summed E-state index contributed by atoms with van der Waals surface area (Å²) in [5, 5.41) is 0. The molecule has 0 saturated heterocycles. The highest BCUT2D eigenvalue weighted by atomic mass is 14.1. The molecule has 48 valence electrons. The molecule has 0 aliphatic carbocycles. The van der Waals surface area contributed by atoms with Gasteiger partial charge in [-0.2, -0.15) is 0 Å². The molecule has 0 aliphatic rings. The second-order valence-electron chi connectivity index (χ2n) is 2.77. The van der Waals surface area contributed by atoms with Crippen molar-refractivity contribution in [2.24, 2.45) is 5.92 Å². The molecule has 0 bridgehead atoms. The molecule has 0 radical (unpaired) electrons. The van der Waals surface area contributed by atoms with Crippen molar-refractivity contribution in [1.29, 1.82) is 0 Å². The Morgan fingerprint density at radius 1 is 1.25 bits per heavy atom. The third-order valence-electron chi connectivity index (χ3n) is 2.26. The average Bonchev–Trinajstić information content (AvgIpc) is 1.84. The van der Waals surface area contributed by atoms with Gasteiger partial charge in [-0.05, 0) is 5.92 Å². The van der Waals surface area contributed by atoms with Gasteiger partial charge >= 0.3 is 0 Å². The van der Waals surface area contributed by atoms with Crippen LogP contribution in [0.15, 0.2) is 0 Å². The summed E-state index contributed by atoms with van der Waals surface area (Å²) in [5.74, 6) is 1.83. The van der Waals surface area contributed by atoms with Crippen LogP contribution >= 0.6 is 0 Å². The molecule has 0 nitrogen and oxygen atoms in total. The fourth-order valence-corrected chi connectivity index (χ4v) is 0.805. The predicted molar refractivity (Wildman–Crippen MR) is 42.0 cm³/mol. The van der Waals surface area contributed by atoms with Gasteiger partial charge in [0.05, 0.1) is 0 Å². The van der Waals surface area contributed by atoms with Crippen molar-refractivity contribution in [3.05, 3.63) is 0 Å². The van der Waals surface area contributed by atoms with Crippen molar-refractivity contribution < 1.29 is 0 Å². The molecule has 0 amide bonds. The summed E-state index contributed by atoms with van der Waals surface area (Å²) in [6, 6.07) is 0. The van der Waals surface area contributed by atoms with Crippen LogP contribution in [-0.4, -0.2) is 7.85 Å². The van der Waals surface area contributed by atoms with Gasteiger partial charge in [-0.15, -0.1) is 0 Å². The van der Waals surface area contributed by atoms with E-state index in [-0.39, 0.29) is 0 Å². The molecule has 8 heavy (non-hydrogen) atoms. The molecule has 0 aromatic carbocycles. The van der Waals surface area contributed by atoms with Gasteiger partial charge in [-0.1, -0.05) is 39.4 Å². The first-order valence-electron chi connectivity index (χ1n) is 3.72. The van der Waals surface area contributed by atoms with E-state index in [1.54, 1.807) is 0 Å². The molecular formula is C7H17B. The Morgan fingerprint density at radius 2 is 1.75 bits per heavy atom. The van der Waals surface area contributed by atoms with Crippen LogP contribution in [0.4, 0.5) is 0 Å². The van der Waals surface area contributed by atoms with Crippen molar-refractivity contribution >= 4 is 7.85 Å². The third-order valence-corrected chi connectivity index (χ3v) is 2.26. The molecule has 0 aromatic rings. The highest BCUT2D eigenvalue weighted by Gasteiger charge is 2.05. The monoisotopic (exact) mass is 112 g/mol. The van der Waals surface area contributed by atoms with Crippen molar-refractivity contribution in [1.82, 2.24) is 0 Å². The first kappa shape index (κ1) is 8.06. The van der Waals surface area contributed by atoms with E-state index in [1.807, 2.05) is 0 Å². The van der Waals surface area contributed by atoms with E-state index < -0.39 is 0 Å². The highest BCUT2D eigenvalue weighted by Crippen LogP contribution is 2.19. The van der Waals surface area contributed by atoms with E-state index in [0.717, 1.165) is 11.7 Å². The maximum absolute atomic E-state index is 2.33. The van der Waals surface area contributed by atoms with Gasteiger partial charge in [0.15, 0.2) is 0 Å². The Hall–Kier alpha value is 0.0649. The molecular weight excluding hydrogens is 94.9 g/mol. The quantitative estimate of drug-likeness (QED) is 0.489. The zero-order chi connectivity index (χ0) is 6.57. The Labute approximate surface area is 54.1 Å². The molecule has 0 aromatic heterocycles.